The molecule has 0 bridgehead atoms. The number of ether oxygens (including phenoxy) is 1. The molecule has 2 rings (SSSR count). The lowest BCUT2D eigenvalue weighted by molar-refractivity contribution is 0.0870. The molecule has 1 saturated carbocycles. The number of ketones is 1. The van der Waals surface area contributed by atoms with Gasteiger partial charge in [0.05, 0.1) is 6.61 Å². The van der Waals surface area contributed by atoms with Crippen molar-refractivity contribution in [3.8, 4) is 5.75 Å². The molecule has 110 valence electrons. The Labute approximate surface area is 122 Å². The van der Waals surface area contributed by atoms with Gasteiger partial charge in [-0.05, 0) is 62.8 Å². The molecule has 1 aromatic rings. The van der Waals surface area contributed by atoms with Crippen LogP contribution in [0.4, 0.5) is 0 Å². The molecule has 0 spiro atoms. The van der Waals surface area contributed by atoms with Gasteiger partial charge in [-0.3, -0.25) is 4.79 Å². The number of rotatable bonds is 6. The molecule has 2 nitrogen and oxygen atoms in total. The maximum absolute atomic E-state index is 12.5. The van der Waals surface area contributed by atoms with E-state index in [0.29, 0.717) is 12.4 Å². The molecular weight excluding hydrogens is 248 g/mol. The van der Waals surface area contributed by atoms with Crippen LogP contribution in [-0.4, -0.2) is 12.4 Å². The molecule has 0 unspecified atom stereocenters. The Morgan fingerprint density at radius 3 is 2.30 bits per heavy atom. The standard InChI is InChI=1S/C18H26O2/c1-3-5-14-6-8-15(9-7-14)18(19)16-10-12-17(13-11-16)20-4-2/h10-15H,3-9H2,1-2H3. The van der Waals surface area contributed by atoms with E-state index in [0.717, 1.165) is 30.1 Å². The van der Waals surface area contributed by atoms with Crippen molar-refractivity contribution < 1.29 is 9.53 Å². The van der Waals surface area contributed by atoms with Gasteiger partial charge in [0.2, 0.25) is 0 Å². The molecule has 1 aromatic carbocycles. The molecule has 0 aliphatic heterocycles. The van der Waals surface area contributed by atoms with Crippen molar-refractivity contribution in [1.82, 2.24) is 0 Å². The second kappa shape index (κ2) is 7.47. The summed E-state index contributed by atoms with van der Waals surface area (Å²) in [5, 5.41) is 0. The molecule has 1 aliphatic rings. The predicted molar refractivity (Wildman–Crippen MR) is 82.3 cm³/mol. The first-order chi connectivity index (χ1) is 9.74. The van der Waals surface area contributed by atoms with Gasteiger partial charge in [0, 0.05) is 11.5 Å². The van der Waals surface area contributed by atoms with E-state index in [4.69, 9.17) is 4.74 Å². The van der Waals surface area contributed by atoms with Gasteiger partial charge in [-0.1, -0.05) is 19.8 Å². The average Bonchev–Trinajstić information content (AvgIpc) is 2.49. The molecular formula is C18H26O2. The van der Waals surface area contributed by atoms with E-state index in [-0.39, 0.29) is 5.92 Å². The number of hydrogen-bond donors (Lipinski definition) is 0. The van der Waals surface area contributed by atoms with E-state index in [9.17, 15) is 4.79 Å². The molecule has 1 aliphatic carbocycles. The molecule has 0 amide bonds. The van der Waals surface area contributed by atoms with Gasteiger partial charge in [-0.15, -0.1) is 0 Å². The lowest BCUT2D eigenvalue weighted by Gasteiger charge is -2.27. The lowest BCUT2D eigenvalue weighted by atomic mass is 9.77. The largest absolute Gasteiger partial charge is 0.494 e. The highest BCUT2D eigenvalue weighted by atomic mass is 16.5. The number of hydrogen-bond acceptors (Lipinski definition) is 2. The summed E-state index contributed by atoms with van der Waals surface area (Å²) in [5.74, 6) is 2.25. The van der Waals surface area contributed by atoms with E-state index in [2.05, 4.69) is 6.92 Å². The van der Waals surface area contributed by atoms with Crippen LogP contribution < -0.4 is 4.74 Å². The van der Waals surface area contributed by atoms with Gasteiger partial charge in [0.25, 0.3) is 0 Å². The first-order valence-electron chi connectivity index (χ1n) is 8.01. The molecule has 20 heavy (non-hydrogen) atoms. The van der Waals surface area contributed by atoms with Crippen LogP contribution in [0.1, 0.15) is 62.7 Å². The zero-order chi connectivity index (χ0) is 14.4. The first-order valence-corrected chi connectivity index (χ1v) is 8.01. The summed E-state index contributed by atoms with van der Waals surface area (Å²) in [7, 11) is 0. The lowest BCUT2D eigenvalue weighted by Crippen LogP contribution is -2.22. The monoisotopic (exact) mass is 274 g/mol. The minimum atomic E-state index is 0.237. The Bertz CT molecular complexity index is 414. The van der Waals surface area contributed by atoms with E-state index >= 15 is 0 Å². The van der Waals surface area contributed by atoms with E-state index < -0.39 is 0 Å². The summed E-state index contributed by atoms with van der Waals surface area (Å²) in [6, 6.07) is 7.62. The normalized spacial score (nSPS) is 22.5. The zero-order valence-electron chi connectivity index (χ0n) is 12.7. The molecule has 0 heterocycles. The number of carbonyl (C=O) groups is 1. The summed E-state index contributed by atoms with van der Waals surface area (Å²) in [5.41, 5.74) is 0.840. The fourth-order valence-corrected chi connectivity index (χ4v) is 3.24. The van der Waals surface area contributed by atoms with Crippen LogP contribution in [0.2, 0.25) is 0 Å². The third kappa shape index (κ3) is 3.84. The third-order valence-corrected chi connectivity index (χ3v) is 4.36. The fraction of sp³-hybridized carbons (Fsp3) is 0.611. The predicted octanol–water partition coefficient (Wildman–Crippen LogP) is 4.87. The van der Waals surface area contributed by atoms with Crippen LogP contribution in [0.15, 0.2) is 24.3 Å². The Kier molecular flexibility index (Phi) is 5.63. The summed E-state index contributed by atoms with van der Waals surface area (Å²) in [6.07, 6.45) is 7.17. The minimum absolute atomic E-state index is 0.237. The van der Waals surface area contributed by atoms with Crippen LogP contribution in [0.25, 0.3) is 0 Å². The first kappa shape index (κ1) is 15.1. The quantitative estimate of drug-likeness (QED) is 0.691. The van der Waals surface area contributed by atoms with Gasteiger partial charge < -0.3 is 4.74 Å². The topological polar surface area (TPSA) is 26.3 Å². The highest BCUT2D eigenvalue weighted by molar-refractivity contribution is 5.97. The molecule has 0 atom stereocenters. The minimum Gasteiger partial charge on any atom is -0.494 e. The summed E-state index contributed by atoms with van der Waals surface area (Å²) >= 11 is 0. The van der Waals surface area contributed by atoms with Crippen LogP contribution in [0.5, 0.6) is 5.75 Å². The van der Waals surface area contributed by atoms with E-state index in [1.54, 1.807) is 0 Å². The zero-order valence-corrected chi connectivity index (χ0v) is 12.7. The van der Waals surface area contributed by atoms with Crippen LogP contribution in [0, 0.1) is 11.8 Å². The smallest absolute Gasteiger partial charge is 0.165 e. The summed E-state index contributed by atoms with van der Waals surface area (Å²) < 4.78 is 5.42. The van der Waals surface area contributed by atoms with Crippen molar-refractivity contribution >= 4 is 5.78 Å². The second-order valence-electron chi connectivity index (χ2n) is 5.83. The molecule has 0 N–H and O–H groups in total. The Morgan fingerprint density at radius 1 is 1.10 bits per heavy atom. The maximum atomic E-state index is 12.5. The van der Waals surface area contributed by atoms with Gasteiger partial charge in [-0.2, -0.15) is 0 Å². The Balaban J connectivity index is 1.91. The van der Waals surface area contributed by atoms with E-state index in [1.165, 1.54) is 25.7 Å². The van der Waals surface area contributed by atoms with Gasteiger partial charge >= 0.3 is 0 Å². The molecule has 0 radical (unpaired) electrons. The highest BCUT2D eigenvalue weighted by Crippen LogP contribution is 2.33. The number of Topliss-reactive ketones (excluding diaryl/α,β-unsaturated/α-hetero) is 1. The van der Waals surface area contributed by atoms with Crippen LogP contribution >= 0.6 is 0 Å². The van der Waals surface area contributed by atoms with Crippen molar-refractivity contribution in [3.05, 3.63) is 29.8 Å². The van der Waals surface area contributed by atoms with Crippen molar-refractivity contribution in [3.63, 3.8) is 0 Å². The van der Waals surface area contributed by atoms with E-state index in [1.807, 2.05) is 31.2 Å². The van der Waals surface area contributed by atoms with Crippen molar-refractivity contribution in [1.29, 1.82) is 0 Å². The van der Waals surface area contributed by atoms with Crippen molar-refractivity contribution in [2.24, 2.45) is 11.8 Å². The SMILES string of the molecule is CCCC1CCC(C(=O)c2ccc(OCC)cc2)CC1. The summed E-state index contributed by atoms with van der Waals surface area (Å²) in [4.78, 5) is 12.5. The number of carbonyl (C=O) groups excluding carboxylic acids is 1. The molecule has 1 fully saturated rings. The Hall–Kier alpha value is -1.31. The molecule has 0 aromatic heterocycles. The van der Waals surface area contributed by atoms with Gasteiger partial charge in [0.1, 0.15) is 5.75 Å². The van der Waals surface area contributed by atoms with Crippen LogP contribution in [0.3, 0.4) is 0 Å². The fourth-order valence-electron chi connectivity index (χ4n) is 3.24. The van der Waals surface area contributed by atoms with Crippen molar-refractivity contribution in [2.45, 2.75) is 52.4 Å². The third-order valence-electron chi connectivity index (χ3n) is 4.36. The molecule has 0 saturated heterocycles. The van der Waals surface area contributed by atoms with Gasteiger partial charge in [-0.25, -0.2) is 0 Å². The molecule has 2 heteroatoms. The van der Waals surface area contributed by atoms with Crippen molar-refractivity contribution in [2.75, 3.05) is 6.61 Å². The number of benzene rings is 1. The summed E-state index contributed by atoms with van der Waals surface area (Å²) in [6.45, 7) is 4.87. The highest BCUT2D eigenvalue weighted by Gasteiger charge is 2.26. The Morgan fingerprint density at radius 2 is 1.75 bits per heavy atom. The second-order valence-corrected chi connectivity index (χ2v) is 5.83. The average molecular weight is 274 g/mol. The maximum Gasteiger partial charge on any atom is 0.165 e. The van der Waals surface area contributed by atoms with Crippen LogP contribution in [-0.2, 0) is 0 Å². The van der Waals surface area contributed by atoms with Gasteiger partial charge in [0.15, 0.2) is 5.78 Å².